The fourth-order valence-electron chi connectivity index (χ4n) is 1.53. The summed E-state index contributed by atoms with van der Waals surface area (Å²) >= 11 is 0. The fraction of sp³-hybridized carbons (Fsp3) is 1.00. The lowest BCUT2D eigenvalue weighted by atomic mass is 10.1. The number of hydrazine groups is 1. The van der Waals surface area contributed by atoms with E-state index in [9.17, 15) is 0 Å². The molecule has 0 bridgehead atoms. The van der Waals surface area contributed by atoms with E-state index in [2.05, 4.69) is 19.5 Å². The van der Waals surface area contributed by atoms with Gasteiger partial charge in [0.15, 0.2) is 0 Å². The van der Waals surface area contributed by atoms with Gasteiger partial charge in [-0.3, -0.25) is 10.4 Å². The van der Waals surface area contributed by atoms with Gasteiger partial charge in [0.25, 0.3) is 0 Å². The molecular formula is C8H18N2. The van der Waals surface area contributed by atoms with Crippen LogP contribution in [0, 0.1) is 5.92 Å². The van der Waals surface area contributed by atoms with Gasteiger partial charge in [-0.1, -0.05) is 12.8 Å². The van der Waals surface area contributed by atoms with Crippen LogP contribution in [0.15, 0.2) is 0 Å². The average molecular weight is 142 g/mol. The molecule has 1 aliphatic rings. The third kappa shape index (κ3) is 2.67. The minimum atomic E-state index is 0.947. The summed E-state index contributed by atoms with van der Waals surface area (Å²) in [5.41, 5.74) is 3.32. The topological polar surface area (TPSA) is 15.3 Å². The summed E-state index contributed by atoms with van der Waals surface area (Å²) in [6.45, 7) is 1.17. The summed E-state index contributed by atoms with van der Waals surface area (Å²) in [4.78, 5) is 0. The van der Waals surface area contributed by atoms with Crippen LogP contribution in [-0.2, 0) is 0 Å². The van der Waals surface area contributed by atoms with Crippen LogP contribution in [0.3, 0.4) is 0 Å². The molecule has 0 amide bonds. The molecule has 0 radical (unpaired) electrons. The first-order chi connectivity index (χ1) is 4.79. The van der Waals surface area contributed by atoms with Gasteiger partial charge in [0, 0.05) is 20.6 Å². The Bertz CT molecular complexity index is 85.3. The standard InChI is InChI=1S/C8H18N2/c1-10(2)9-7-8-5-3-4-6-8/h8-9H,3-7H2,1-2H3. The second-order valence-corrected chi connectivity index (χ2v) is 3.41. The highest BCUT2D eigenvalue weighted by atomic mass is 15.5. The highest BCUT2D eigenvalue weighted by Gasteiger charge is 2.13. The second-order valence-electron chi connectivity index (χ2n) is 3.41. The third-order valence-corrected chi connectivity index (χ3v) is 2.17. The third-order valence-electron chi connectivity index (χ3n) is 2.17. The van der Waals surface area contributed by atoms with Crippen molar-refractivity contribution in [2.24, 2.45) is 5.92 Å². The van der Waals surface area contributed by atoms with Crippen molar-refractivity contribution in [3.63, 3.8) is 0 Å². The first-order valence-corrected chi connectivity index (χ1v) is 4.20. The molecule has 0 heterocycles. The van der Waals surface area contributed by atoms with E-state index in [4.69, 9.17) is 0 Å². The molecule has 0 aromatic rings. The zero-order valence-electron chi connectivity index (χ0n) is 7.06. The van der Waals surface area contributed by atoms with Gasteiger partial charge in [-0.05, 0) is 18.8 Å². The second kappa shape index (κ2) is 3.94. The van der Waals surface area contributed by atoms with E-state index in [1.807, 2.05) is 5.01 Å². The van der Waals surface area contributed by atoms with Crippen molar-refractivity contribution < 1.29 is 0 Å². The van der Waals surface area contributed by atoms with Gasteiger partial charge in [-0.25, -0.2) is 0 Å². The van der Waals surface area contributed by atoms with E-state index in [-0.39, 0.29) is 0 Å². The summed E-state index contributed by atoms with van der Waals surface area (Å²) in [7, 11) is 4.10. The molecule has 0 aromatic heterocycles. The van der Waals surface area contributed by atoms with Crippen molar-refractivity contribution in [1.29, 1.82) is 0 Å². The maximum Gasteiger partial charge on any atom is 0.0130 e. The molecule has 60 valence electrons. The van der Waals surface area contributed by atoms with Crippen molar-refractivity contribution in [3.05, 3.63) is 0 Å². The molecule has 1 rings (SSSR count). The Morgan fingerprint density at radius 3 is 2.40 bits per heavy atom. The van der Waals surface area contributed by atoms with E-state index in [1.54, 1.807) is 0 Å². The molecule has 10 heavy (non-hydrogen) atoms. The van der Waals surface area contributed by atoms with Gasteiger partial charge in [0.1, 0.15) is 0 Å². The molecule has 0 unspecified atom stereocenters. The molecule has 1 fully saturated rings. The smallest absolute Gasteiger partial charge is 0.0130 e. The number of nitrogens with one attached hydrogen (secondary N) is 1. The predicted molar refractivity (Wildman–Crippen MR) is 43.6 cm³/mol. The molecule has 1 saturated carbocycles. The maximum atomic E-state index is 3.32. The molecule has 0 spiro atoms. The molecule has 0 saturated heterocycles. The highest BCUT2D eigenvalue weighted by molar-refractivity contribution is 4.68. The Balaban J connectivity index is 2.01. The highest BCUT2D eigenvalue weighted by Crippen LogP contribution is 2.23. The van der Waals surface area contributed by atoms with Crippen molar-refractivity contribution in [2.45, 2.75) is 25.7 Å². The van der Waals surface area contributed by atoms with Gasteiger partial charge in [0.05, 0.1) is 0 Å². The van der Waals surface area contributed by atoms with Crippen LogP contribution in [-0.4, -0.2) is 25.6 Å². The monoisotopic (exact) mass is 142 g/mol. The molecular weight excluding hydrogens is 124 g/mol. The van der Waals surface area contributed by atoms with Crippen LogP contribution in [0.5, 0.6) is 0 Å². The van der Waals surface area contributed by atoms with Crippen LogP contribution in [0.1, 0.15) is 25.7 Å². The van der Waals surface area contributed by atoms with Crippen LogP contribution in [0.4, 0.5) is 0 Å². The molecule has 0 aromatic carbocycles. The molecule has 0 atom stereocenters. The quantitative estimate of drug-likeness (QED) is 0.596. The summed E-state index contributed by atoms with van der Waals surface area (Å²) < 4.78 is 0. The van der Waals surface area contributed by atoms with Crippen molar-refractivity contribution in [1.82, 2.24) is 10.4 Å². The first kappa shape index (κ1) is 8.02. The number of nitrogens with zero attached hydrogens (tertiary/aromatic N) is 1. The summed E-state index contributed by atoms with van der Waals surface area (Å²) in [5.74, 6) is 0.947. The molecule has 0 aliphatic heterocycles. The van der Waals surface area contributed by atoms with Gasteiger partial charge >= 0.3 is 0 Å². The van der Waals surface area contributed by atoms with Gasteiger partial charge in [-0.2, -0.15) is 0 Å². The Morgan fingerprint density at radius 2 is 1.90 bits per heavy atom. The van der Waals surface area contributed by atoms with Crippen molar-refractivity contribution in [2.75, 3.05) is 20.6 Å². The van der Waals surface area contributed by atoms with E-state index in [0.29, 0.717) is 0 Å². The van der Waals surface area contributed by atoms with E-state index < -0.39 is 0 Å². The van der Waals surface area contributed by atoms with Gasteiger partial charge < -0.3 is 0 Å². The minimum Gasteiger partial charge on any atom is -0.255 e. The SMILES string of the molecule is CN(C)NCC1CCCC1. The summed E-state index contributed by atoms with van der Waals surface area (Å²) in [5, 5.41) is 2.04. The normalized spacial score (nSPS) is 20.7. The van der Waals surface area contributed by atoms with Gasteiger partial charge in [0.2, 0.25) is 0 Å². The molecule has 1 N–H and O–H groups in total. The molecule has 2 nitrogen and oxygen atoms in total. The van der Waals surface area contributed by atoms with Crippen LogP contribution < -0.4 is 5.43 Å². The number of hydrogen-bond acceptors (Lipinski definition) is 2. The van der Waals surface area contributed by atoms with Crippen LogP contribution in [0.25, 0.3) is 0 Å². The Kier molecular flexibility index (Phi) is 3.16. The van der Waals surface area contributed by atoms with Crippen molar-refractivity contribution >= 4 is 0 Å². The zero-order valence-corrected chi connectivity index (χ0v) is 7.06. The molecule has 1 aliphatic carbocycles. The number of hydrogen-bond donors (Lipinski definition) is 1. The number of rotatable bonds is 3. The average Bonchev–Trinajstić information content (AvgIpc) is 2.34. The Labute approximate surface area is 63.6 Å². The minimum absolute atomic E-state index is 0.947. The fourth-order valence-corrected chi connectivity index (χ4v) is 1.53. The van der Waals surface area contributed by atoms with E-state index >= 15 is 0 Å². The van der Waals surface area contributed by atoms with Crippen LogP contribution in [0.2, 0.25) is 0 Å². The first-order valence-electron chi connectivity index (χ1n) is 4.20. The van der Waals surface area contributed by atoms with Crippen molar-refractivity contribution in [3.8, 4) is 0 Å². The Morgan fingerprint density at radius 1 is 1.30 bits per heavy atom. The van der Waals surface area contributed by atoms with Gasteiger partial charge in [-0.15, -0.1) is 0 Å². The lowest BCUT2D eigenvalue weighted by molar-refractivity contribution is 0.263. The zero-order chi connectivity index (χ0) is 7.40. The summed E-state index contributed by atoms with van der Waals surface area (Å²) in [6, 6.07) is 0. The maximum absolute atomic E-state index is 3.32. The van der Waals surface area contributed by atoms with E-state index in [1.165, 1.54) is 32.2 Å². The summed E-state index contributed by atoms with van der Waals surface area (Å²) in [6.07, 6.45) is 5.75. The molecule has 2 heteroatoms. The largest absolute Gasteiger partial charge is 0.255 e. The lowest BCUT2D eigenvalue weighted by Crippen LogP contribution is -2.33. The Hall–Kier alpha value is -0.0800. The predicted octanol–water partition coefficient (Wildman–Crippen LogP) is 1.24. The van der Waals surface area contributed by atoms with E-state index in [0.717, 1.165) is 5.92 Å². The lowest BCUT2D eigenvalue weighted by Gasteiger charge is -2.15. The van der Waals surface area contributed by atoms with Crippen LogP contribution >= 0.6 is 0 Å².